The molecule has 0 aromatic rings. The van der Waals surface area contributed by atoms with Crippen LogP contribution in [-0.2, 0) is 4.79 Å². The maximum absolute atomic E-state index is 10.0. The van der Waals surface area contributed by atoms with Crippen LogP contribution in [0.4, 0.5) is 0 Å². The maximum atomic E-state index is 10.0. The second kappa shape index (κ2) is 14.6. The van der Waals surface area contributed by atoms with Gasteiger partial charge in [0, 0.05) is 6.42 Å². The minimum atomic E-state index is 0.625. The quantitative estimate of drug-likeness (QED) is 0.301. The predicted octanol–water partition coefficient (Wildman–Crippen LogP) is 4.77. The number of aldehydes is 1. The van der Waals surface area contributed by atoms with Crippen molar-refractivity contribution < 1.29 is 4.79 Å². The summed E-state index contributed by atoms with van der Waals surface area (Å²) in [5, 5.41) is 0. The van der Waals surface area contributed by atoms with Crippen LogP contribution in [0.1, 0.15) is 45.4 Å². The molecule has 0 heterocycles. The minimum Gasteiger partial charge on any atom is -0.303 e. The Morgan fingerprint density at radius 1 is 0.706 bits per heavy atom. The molecular formula is C16H24O. The standard InChI is InChI=1S/C16H24O/c1-2-3-4-5-6-7-8-9-10-11-12-13-14-15-16-17/h3-6,10-13,16H,2,7-9,14-15H2,1H3/b4-3?,6-5?,11-10+,13-12-. The largest absolute Gasteiger partial charge is 0.303 e. The summed E-state index contributed by atoms with van der Waals surface area (Å²) in [6.07, 6.45) is 23.8. The zero-order valence-corrected chi connectivity index (χ0v) is 10.8. The summed E-state index contributed by atoms with van der Waals surface area (Å²) in [4.78, 5) is 10.0. The number of carbonyl (C=O) groups excluding carboxylic acids is 1. The first-order valence-electron chi connectivity index (χ1n) is 6.48. The number of hydrogen-bond acceptors (Lipinski definition) is 1. The van der Waals surface area contributed by atoms with Gasteiger partial charge in [-0.2, -0.15) is 0 Å². The molecule has 0 radical (unpaired) electrons. The van der Waals surface area contributed by atoms with E-state index in [1.807, 2.05) is 12.2 Å². The van der Waals surface area contributed by atoms with E-state index in [0.29, 0.717) is 6.42 Å². The van der Waals surface area contributed by atoms with Crippen molar-refractivity contribution in [3.63, 3.8) is 0 Å². The Labute approximate surface area is 106 Å². The lowest BCUT2D eigenvalue weighted by Crippen LogP contribution is -1.70. The molecule has 0 aromatic carbocycles. The first-order chi connectivity index (χ1) is 8.41. The van der Waals surface area contributed by atoms with Crippen LogP contribution in [0.25, 0.3) is 0 Å². The van der Waals surface area contributed by atoms with Crippen molar-refractivity contribution >= 4 is 6.29 Å². The molecule has 1 nitrogen and oxygen atoms in total. The molecule has 0 spiro atoms. The molecule has 0 amide bonds. The van der Waals surface area contributed by atoms with Gasteiger partial charge in [-0.25, -0.2) is 0 Å². The van der Waals surface area contributed by atoms with Crippen LogP contribution in [0.2, 0.25) is 0 Å². The molecule has 0 aromatic heterocycles. The van der Waals surface area contributed by atoms with Crippen molar-refractivity contribution in [3.8, 4) is 0 Å². The number of rotatable bonds is 10. The molecule has 0 rings (SSSR count). The summed E-state index contributed by atoms with van der Waals surface area (Å²) >= 11 is 0. The maximum Gasteiger partial charge on any atom is 0.120 e. The zero-order chi connectivity index (χ0) is 12.6. The molecular weight excluding hydrogens is 208 g/mol. The Kier molecular flexibility index (Phi) is 13.5. The smallest absolute Gasteiger partial charge is 0.120 e. The highest BCUT2D eigenvalue weighted by molar-refractivity contribution is 5.49. The van der Waals surface area contributed by atoms with E-state index < -0.39 is 0 Å². The molecule has 0 atom stereocenters. The average Bonchev–Trinajstić information content (AvgIpc) is 2.35. The van der Waals surface area contributed by atoms with E-state index in [1.54, 1.807) is 0 Å². The molecule has 0 aliphatic heterocycles. The minimum absolute atomic E-state index is 0.625. The number of carbonyl (C=O) groups is 1. The third-order valence-corrected chi connectivity index (χ3v) is 2.20. The van der Waals surface area contributed by atoms with E-state index >= 15 is 0 Å². The summed E-state index contributed by atoms with van der Waals surface area (Å²) < 4.78 is 0. The van der Waals surface area contributed by atoms with Gasteiger partial charge in [-0.05, 0) is 32.1 Å². The Morgan fingerprint density at radius 2 is 1.24 bits per heavy atom. The van der Waals surface area contributed by atoms with E-state index in [9.17, 15) is 4.79 Å². The molecule has 0 saturated carbocycles. The second-order valence-electron chi connectivity index (χ2n) is 3.80. The van der Waals surface area contributed by atoms with Gasteiger partial charge in [0.15, 0.2) is 0 Å². The van der Waals surface area contributed by atoms with Crippen molar-refractivity contribution in [2.45, 2.75) is 45.4 Å². The summed E-state index contributed by atoms with van der Waals surface area (Å²) in [6, 6.07) is 0. The molecule has 0 fully saturated rings. The predicted molar refractivity (Wildman–Crippen MR) is 76.0 cm³/mol. The fourth-order valence-corrected chi connectivity index (χ4v) is 1.26. The van der Waals surface area contributed by atoms with Gasteiger partial charge in [-0.15, -0.1) is 0 Å². The Balaban J connectivity index is 3.35. The van der Waals surface area contributed by atoms with Crippen molar-refractivity contribution in [1.82, 2.24) is 0 Å². The Morgan fingerprint density at radius 3 is 1.76 bits per heavy atom. The van der Waals surface area contributed by atoms with Gasteiger partial charge in [-0.3, -0.25) is 0 Å². The molecule has 0 aliphatic carbocycles. The molecule has 0 saturated heterocycles. The van der Waals surface area contributed by atoms with Gasteiger partial charge >= 0.3 is 0 Å². The fourth-order valence-electron chi connectivity index (χ4n) is 1.26. The highest BCUT2D eigenvalue weighted by Crippen LogP contribution is 1.99. The fraction of sp³-hybridized carbons (Fsp3) is 0.438. The van der Waals surface area contributed by atoms with Crippen LogP contribution in [-0.4, -0.2) is 6.29 Å². The van der Waals surface area contributed by atoms with Gasteiger partial charge in [-0.1, -0.05) is 55.5 Å². The zero-order valence-electron chi connectivity index (χ0n) is 10.8. The summed E-state index contributed by atoms with van der Waals surface area (Å²) in [7, 11) is 0. The molecule has 1 heteroatoms. The number of allylic oxidation sites excluding steroid dienone is 8. The van der Waals surface area contributed by atoms with E-state index in [0.717, 1.165) is 32.0 Å². The summed E-state index contributed by atoms with van der Waals surface area (Å²) in [5.74, 6) is 0. The van der Waals surface area contributed by atoms with Crippen LogP contribution in [0, 0.1) is 0 Å². The van der Waals surface area contributed by atoms with Gasteiger partial charge in [0.25, 0.3) is 0 Å². The SMILES string of the molecule is CCC=CC=CCCC/C=C/C=C\CCC=O. The van der Waals surface area contributed by atoms with Crippen molar-refractivity contribution in [1.29, 1.82) is 0 Å². The average molecular weight is 232 g/mol. The summed E-state index contributed by atoms with van der Waals surface area (Å²) in [5.41, 5.74) is 0. The topological polar surface area (TPSA) is 17.1 Å². The third kappa shape index (κ3) is 14.6. The van der Waals surface area contributed by atoms with E-state index in [-0.39, 0.29) is 0 Å². The molecule has 94 valence electrons. The lowest BCUT2D eigenvalue weighted by molar-refractivity contribution is -0.107. The second-order valence-corrected chi connectivity index (χ2v) is 3.80. The van der Waals surface area contributed by atoms with Crippen LogP contribution in [0.3, 0.4) is 0 Å². The summed E-state index contributed by atoms with van der Waals surface area (Å²) in [6.45, 7) is 2.14. The van der Waals surface area contributed by atoms with Crippen molar-refractivity contribution in [2.24, 2.45) is 0 Å². The van der Waals surface area contributed by atoms with E-state index in [1.165, 1.54) is 6.42 Å². The number of hydrogen-bond donors (Lipinski definition) is 0. The molecule has 0 unspecified atom stereocenters. The molecule has 17 heavy (non-hydrogen) atoms. The Hall–Kier alpha value is -1.37. The first-order valence-corrected chi connectivity index (χ1v) is 6.48. The van der Waals surface area contributed by atoms with Crippen LogP contribution < -0.4 is 0 Å². The Bertz CT molecular complexity index is 269. The van der Waals surface area contributed by atoms with E-state index in [4.69, 9.17) is 0 Å². The van der Waals surface area contributed by atoms with Crippen LogP contribution in [0.15, 0.2) is 48.6 Å². The van der Waals surface area contributed by atoms with Gasteiger partial charge in [0.05, 0.1) is 0 Å². The third-order valence-electron chi connectivity index (χ3n) is 2.20. The molecule has 0 bridgehead atoms. The van der Waals surface area contributed by atoms with Crippen molar-refractivity contribution in [3.05, 3.63) is 48.6 Å². The van der Waals surface area contributed by atoms with Crippen molar-refractivity contribution in [2.75, 3.05) is 0 Å². The number of unbranched alkanes of at least 4 members (excludes halogenated alkanes) is 3. The molecule has 0 aliphatic rings. The van der Waals surface area contributed by atoms with Gasteiger partial charge < -0.3 is 4.79 Å². The first kappa shape index (κ1) is 15.6. The van der Waals surface area contributed by atoms with Gasteiger partial charge in [0.2, 0.25) is 0 Å². The lowest BCUT2D eigenvalue weighted by Gasteiger charge is -1.88. The highest BCUT2D eigenvalue weighted by Gasteiger charge is 1.79. The van der Waals surface area contributed by atoms with Crippen LogP contribution in [0.5, 0.6) is 0 Å². The van der Waals surface area contributed by atoms with Crippen LogP contribution >= 0.6 is 0 Å². The monoisotopic (exact) mass is 232 g/mol. The lowest BCUT2D eigenvalue weighted by atomic mass is 10.2. The van der Waals surface area contributed by atoms with Gasteiger partial charge in [0.1, 0.15) is 6.29 Å². The van der Waals surface area contributed by atoms with E-state index in [2.05, 4.69) is 43.4 Å². The normalized spacial score (nSPS) is 12.5. The molecule has 0 N–H and O–H groups in total. The highest BCUT2D eigenvalue weighted by atomic mass is 16.1.